The predicted octanol–water partition coefficient (Wildman–Crippen LogP) is 0.00820. The molecule has 2 N–H and O–H groups in total. The van der Waals surface area contributed by atoms with Crippen LogP contribution in [-0.2, 0) is 19.3 Å². The van der Waals surface area contributed by atoms with Crippen molar-refractivity contribution in [2.75, 3.05) is 26.7 Å². The second kappa shape index (κ2) is 4.68. The molecule has 0 aromatic carbocycles. The van der Waals surface area contributed by atoms with Crippen LogP contribution in [0.2, 0.25) is 0 Å². The summed E-state index contributed by atoms with van der Waals surface area (Å²) < 4.78 is 0. The summed E-state index contributed by atoms with van der Waals surface area (Å²) in [6, 6.07) is 0. The monoisotopic (exact) mass is 206 g/mol. The zero-order chi connectivity index (χ0) is 10.7. The van der Waals surface area contributed by atoms with Crippen LogP contribution in [0.3, 0.4) is 0 Å². The van der Waals surface area contributed by atoms with E-state index in [-0.39, 0.29) is 0 Å². The lowest BCUT2D eigenvalue weighted by Crippen LogP contribution is -2.20. The summed E-state index contributed by atoms with van der Waals surface area (Å²) in [5.41, 5.74) is 8.03. The van der Waals surface area contributed by atoms with Gasteiger partial charge in [0.2, 0.25) is 0 Å². The van der Waals surface area contributed by atoms with Crippen molar-refractivity contribution in [1.82, 2.24) is 14.9 Å². The topological polar surface area (TPSA) is 55.0 Å². The van der Waals surface area contributed by atoms with Crippen LogP contribution in [-0.4, -0.2) is 41.5 Å². The van der Waals surface area contributed by atoms with E-state index in [1.807, 2.05) is 6.20 Å². The summed E-state index contributed by atoms with van der Waals surface area (Å²) in [6.07, 6.45) is 4.86. The van der Waals surface area contributed by atoms with Crippen LogP contribution in [0.4, 0.5) is 0 Å². The maximum Gasteiger partial charge on any atom is 0.129 e. The van der Waals surface area contributed by atoms with E-state index in [2.05, 4.69) is 21.9 Å². The third kappa shape index (κ3) is 2.52. The molecule has 15 heavy (non-hydrogen) atoms. The summed E-state index contributed by atoms with van der Waals surface area (Å²) in [6.45, 7) is 2.82. The number of hydrogen-bond acceptors (Lipinski definition) is 4. The number of hydrogen-bond donors (Lipinski definition) is 1. The Morgan fingerprint density at radius 3 is 3.00 bits per heavy atom. The summed E-state index contributed by atoms with van der Waals surface area (Å²) in [5, 5.41) is 0. The SMILES string of the molecule is CN1CCc2cnc(CCN)nc2CC1. The first kappa shape index (κ1) is 10.5. The highest BCUT2D eigenvalue weighted by Crippen LogP contribution is 2.12. The molecule has 4 nitrogen and oxygen atoms in total. The van der Waals surface area contributed by atoms with Gasteiger partial charge in [-0.15, -0.1) is 0 Å². The third-order valence-electron chi connectivity index (χ3n) is 2.87. The van der Waals surface area contributed by atoms with Crippen molar-refractivity contribution in [3.05, 3.63) is 23.3 Å². The Morgan fingerprint density at radius 1 is 1.40 bits per heavy atom. The van der Waals surface area contributed by atoms with Crippen LogP contribution in [0, 0.1) is 0 Å². The molecular weight excluding hydrogens is 188 g/mol. The molecule has 2 heterocycles. The van der Waals surface area contributed by atoms with Gasteiger partial charge in [-0.1, -0.05) is 0 Å². The van der Waals surface area contributed by atoms with Crippen molar-refractivity contribution < 1.29 is 0 Å². The highest BCUT2D eigenvalue weighted by Gasteiger charge is 2.13. The smallest absolute Gasteiger partial charge is 0.129 e. The van der Waals surface area contributed by atoms with Crippen LogP contribution in [0.1, 0.15) is 17.1 Å². The Bertz CT molecular complexity index is 337. The number of nitrogens with two attached hydrogens (primary N) is 1. The van der Waals surface area contributed by atoms with Gasteiger partial charge in [0, 0.05) is 37.8 Å². The minimum atomic E-state index is 0.624. The van der Waals surface area contributed by atoms with Gasteiger partial charge in [0.05, 0.1) is 0 Å². The highest BCUT2D eigenvalue weighted by atomic mass is 15.1. The Labute approximate surface area is 90.5 Å². The van der Waals surface area contributed by atoms with Crippen molar-refractivity contribution in [1.29, 1.82) is 0 Å². The van der Waals surface area contributed by atoms with E-state index in [0.717, 1.165) is 38.2 Å². The number of aromatic nitrogens is 2. The third-order valence-corrected chi connectivity index (χ3v) is 2.87. The molecule has 82 valence electrons. The van der Waals surface area contributed by atoms with Crippen LogP contribution in [0.15, 0.2) is 6.20 Å². The molecular formula is C11H18N4. The molecule has 4 heteroatoms. The minimum absolute atomic E-state index is 0.624. The summed E-state index contributed by atoms with van der Waals surface area (Å²) >= 11 is 0. The van der Waals surface area contributed by atoms with Gasteiger partial charge in [-0.05, 0) is 25.6 Å². The molecule has 1 aliphatic rings. The lowest BCUT2D eigenvalue weighted by molar-refractivity contribution is 0.352. The van der Waals surface area contributed by atoms with Gasteiger partial charge in [-0.3, -0.25) is 0 Å². The fourth-order valence-electron chi connectivity index (χ4n) is 1.88. The first-order valence-corrected chi connectivity index (χ1v) is 5.52. The fourth-order valence-corrected chi connectivity index (χ4v) is 1.88. The van der Waals surface area contributed by atoms with Gasteiger partial charge in [-0.25, -0.2) is 9.97 Å². The van der Waals surface area contributed by atoms with Crippen LogP contribution < -0.4 is 5.73 Å². The Hall–Kier alpha value is -1.00. The summed E-state index contributed by atoms with van der Waals surface area (Å²) in [7, 11) is 2.15. The van der Waals surface area contributed by atoms with Gasteiger partial charge >= 0.3 is 0 Å². The van der Waals surface area contributed by atoms with Gasteiger partial charge in [0.1, 0.15) is 5.82 Å². The quantitative estimate of drug-likeness (QED) is 0.740. The van der Waals surface area contributed by atoms with Crippen molar-refractivity contribution in [3.63, 3.8) is 0 Å². The van der Waals surface area contributed by atoms with E-state index in [0.29, 0.717) is 6.54 Å². The maximum absolute atomic E-state index is 5.50. The molecule has 0 aliphatic carbocycles. The van der Waals surface area contributed by atoms with Crippen LogP contribution in [0.5, 0.6) is 0 Å². The first-order chi connectivity index (χ1) is 7.29. The van der Waals surface area contributed by atoms with Crippen molar-refractivity contribution >= 4 is 0 Å². The average Bonchev–Trinajstić information content (AvgIpc) is 2.42. The lowest BCUT2D eigenvalue weighted by atomic mass is 10.1. The minimum Gasteiger partial charge on any atom is -0.330 e. The van der Waals surface area contributed by atoms with E-state index in [1.165, 1.54) is 11.3 Å². The van der Waals surface area contributed by atoms with E-state index in [4.69, 9.17) is 5.73 Å². The standard InChI is InChI=1S/C11H18N4/c1-15-6-3-9-8-13-11(2-5-12)14-10(9)4-7-15/h8H,2-7,12H2,1H3. The molecule has 0 saturated carbocycles. The molecule has 0 atom stereocenters. The summed E-state index contributed by atoms with van der Waals surface area (Å²) in [4.78, 5) is 11.3. The van der Waals surface area contributed by atoms with E-state index in [1.54, 1.807) is 0 Å². The summed E-state index contributed by atoms with van der Waals surface area (Å²) in [5.74, 6) is 0.890. The second-order valence-electron chi connectivity index (χ2n) is 4.10. The highest BCUT2D eigenvalue weighted by molar-refractivity contribution is 5.20. The predicted molar refractivity (Wildman–Crippen MR) is 59.7 cm³/mol. The number of nitrogens with zero attached hydrogens (tertiary/aromatic N) is 3. The maximum atomic E-state index is 5.50. The molecule has 0 spiro atoms. The molecule has 0 unspecified atom stereocenters. The van der Waals surface area contributed by atoms with Crippen LogP contribution in [0.25, 0.3) is 0 Å². The van der Waals surface area contributed by atoms with E-state index >= 15 is 0 Å². The fraction of sp³-hybridized carbons (Fsp3) is 0.636. The number of likely N-dealkylation sites (N-methyl/N-ethyl adjacent to an activating group) is 1. The molecule has 1 aromatic heterocycles. The Morgan fingerprint density at radius 2 is 2.20 bits per heavy atom. The second-order valence-corrected chi connectivity index (χ2v) is 4.10. The van der Waals surface area contributed by atoms with Crippen molar-refractivity contribution in [2.24, 2.45) is 5.73 Å². The zero-order valence-electron chi connectivity index (χ0n) is 9.24. The first-order valence-electron chi connectivity index (χ1n) is 5.52. The average molecular weight is 206 g/mol. The van der Waals surface area contributed by atoms with Gasteiger partial charge in [-0.2, -0.15) is 0 Å². The van der Waals surface area contributed by atoms with Crippen LogP contribution >= 0.6 is 0 Å². The molecule has 0 amide bonds. The van der Waals surface area contributed by atoms with Crippen molar-refractivity contribution in [2.45, 2.75) is 19.3 Å². The molecule has 0 fully saturated rings. The largest absolute Gasteiger partial charge is 0.330 e. The van der Waals surface area contributed by atoms with E-state index < -0.39 is 0 Å². The Kier molecular flexibility index (Phi) is 3.28. The molecule has 2 rings (SSSR count). The van der Waals surface area contributed by atoms with Gasteiger partial charge in [0.15, 0.2) is 0 Å². The number of rotatable bonds is 2. The molecule has 0 radical (unpaired) electrons. The van der Waals surface area contributed by atoms with Crippen molar-refractivity contribution in [3.8, 4) is 0 Å². The molecule has 1 aliphatic heterocycles. The van der Waals surface area contributed by atoms with Gasteiger partial charge in [0.25, 0.3) is 0 Å². The molecule has 0 saturated heterocycles. The van der Waals surface area contributed by atoms with Gasteiger partial charge < -0.3 is 10.6 Å². The molecule has 0 bridgehead atoms. The number of fused-ring (bicyclic) bond motifs is 1. The Balaban J connectivity index is 2.20. The zero-order valence-corrected chi connectivity index (χ0v) is 9.24. The normalized spacial score (nSPS) is 17.2. The molecule has 1 aromatic rings. The van der Waals surface area contributed by atoms with E-state index in [9.17, 15) is 0 Å². The lowest BCUT2D eigenvalue weighted by Gasteiger charge is -2.10.